The molecule has 9 nitrogen and oxygen atoms in total. The van der Waals surface area contributed by atoms with Gasteiger partial charge in [0.05, 0.1) is 35.5 Å². The van der Waals surface area contributed by atoms with Crippen LogP contribution in [0.2, 0.25) is 0 Å². The fourth-order valence-corrected chi connectivity index (χ4v) is 3.92. The Bertz CT molecular complexity index is 789. The van der Waals surface area contributed by atoms with Gasteiger partial charge in [-0.05, 0) is 37.0 Å². The van der Waals surface area contributed by atoms with Crippen LogP contribution in [0.25, 0.3) is 0 Å². The third-order valence-electron chi connectivity index (χ3n) is 5.28. The van der Waals surface area contributed by atoms with Crippen molar-refractivity contribution in [1.82, 2.24) is 24.9 Å². The molecule has 0 spiro atoms. The maximum absolute atomic E-state index is 12.9. The summed E-state index contributed by atoms with van der Waals surface area (Å²) in [5.41, 5.74) is 2.13. The van der Waals surface area contributed by atoms with Crippen molar-refractivity contribution in [3.63, 3.8) is 0 Å². The molecule has 9 heteroatoms. The third kappa shape index (κ3) is 2.90. The van der Waals surface area contributed by atoms with Gasteiger partial charge in [0.2, 0.25) is 5.91 Å². The number of carbonyl (C=O) groups is 1. The van der Waals surface area contributed by atoms with Crippen molar-refractivity contribution in [2.24, 2.45) is 0 Å². The van der Waals surface area contributed by atoms with Crippen molar-refractivity contribution >= 4 is 11.7 Å². The number of carbonyl (C=O) groups excluding carboxylic acids is 1. The van der Waals surface area contributed by atoms with E-state index in [2.05, 4.69) is 15.3 Å². The summed E-state index contributed by atoms with van der Waals surface area (Å²) in [7, 11) is 0. The normalized spacial score (nSPS) is 21.1. The number of likely N-dealkylation sites (tertiary alicyclic amines) is 1. The summed E-state index contributed by atoms with van der Waals surface area (Å²) in [5.74, 6) is -0.0507. The molecule has 3 heterocycles. The van der Waals surface area contributed by atoms with Crippen molar-refractivity contribution < 1.29 is 9.72 Å². The summed E-state index contributed by atoms with van der Waals surface area (Å²) in [4.78, 5) is 25.1. The molecule has 0 aromatic carbocycles. The molecule has 132 valence electrons. The number of aromatic nitrogens is 4. The van der Waals surface area contributed by atoms with Crippen molar-refractivity contribution in [3.8, 4) is 0 Å². The first-order chi connectivity index (χ1) is 12.1. The van der Waals surface area contributed by atoms with Crippen LogP contribution in [0.4, 0.5) is 5.82 Å². The topological polar surface area (TPSA) is 110 Å². The zero-order chi connectivity index (χ0) is 17.4. The second kappa shape index (κ2) is 6.30. The molecule has 1 saturated heterocycles. The molecule has 4 rings (SSSR count). The summed E-state index contributed by atoms with van der Waals surface area (Å²) >= 11 is 0. The molecule has 2 aromatic heterocycles. The van der Waals surface area contributed by atoms with E-state index in [1.54, 1.807) is 17.1 Å². The zero-order valence-electron chi connectivity index (χ0n) is 13.8. The Kier molecular flexibility index (Phi) is 3.98. The molecule has 25 heavy (non-hydrogen) atoms. The molecule has 1 aliphatic heterocycles. The van der Waals surface area contributed by atoms with Gasteiger partial charge in [-0.3, -0.25) is 9.89 Å². The molecular formula is C16H20N6O3. The standard InChI is InChI=1S/C16H20N6O3/c23-16(12-2-1-3-14-13(12)10-17-18-14)20-7-4-11(5-8-20)21-9-6-15(19-21)22(24)25/h6,9-12H,1-5,7-8H2,(H,17,18)/t12-/m0/s1. The molecule has 0 saturated carbocycles. The molecule has 0 unspecified atom stereocenters. The minimum absolute atomic E-state index is 0.0927. The average molecular weight is 344 g/mol. The number of piperidine rings is 1. The number of nitro groups is 1. The van der Waals surface area contributed by atoms with Crippen molar-refractivity contribution in [2.75, 3.05) is 13.1 Å². The number of hydrogen-bond acceptors (Lipinski definition) is 5. The molecule has 1 fully saturated rings. The lowest BCUT2D eigenvalue weighted by molar-refractivity contribution is -0.389. The molecule has 1 amide bonds. The van der Waals surface area contributed by atoms with Gasteiger partial charge in [0, 0.05) is 24.3 Å². The van der Waals surface area contributed by atoms with E-state index in [1.807, 2.05) is 4.90 Å². The highest BCUT2D eigenvalue weighted by Crippen LogP contribution is 2.33. The first-order valence-electron chi connectivity index (χ1n) is 8.64. The van der Waals surface area contributed by atoms with Crippen molar-refractivity contribution in [2.45, 2.75) is 44.1 Å². The average Bonchev–Trinajstić information content (AvgIpc) is 3.30. The zero-order valence-corrected chi connectivity index (χ0v) is 13.8. The van der Waals surface area contributed by atoms with Gasteiger partial charge in [0.1, 0.15) is 0 Å². The minimum Gasteiger partial charge on any atom is -0.358 e. The number of rotatable bonds is 3. The third-order valence-corrected chi connectivity index (χ3v) is 5.28. The van der Waals surface area contributed by atoms with Gasteiger partial charge in [-0.1, -0.05) is 0 Å². The van der Waals surface area contributed by atoms with E-state index in [-0.39, 0.29) is 23.7 Å². The van der Waals surface area contributed by atoms with Crippen LogP contribution in [0.1, 0.15) is 48.9 Å². The summed E-state index contributed by atoms with van der Waals surface area (Å²) in [6.45, 7) is 1.31. The Morgan fingerprint density at radius 2 is 2.12 bits per heavy atom. The first-order valence-corrected chi connectivity index (χ1v) is 8.64. The van der Waals surface area contributed by atoms with Crippen molar-refractivity contribution in [1.29, 1.82) is 0 Å². The number of fused-ring (bicyclic) bond motifs is 1. The van der Waals surface area contributed by atoms with Crippen LogP contribution >= 0.6 is 0 Å². The Balaban J connectivity index is 1.40. The highest BCUT2D eigenvalue weighted by Gasteiger charge is 2.34. The van der Waals surface area contributed by atoms with E-state index in [0.717, 1.165) is 43.4 Å². The van der Waals surface area contributed by atoms with Gasteiger partial charge in [-0.2, -0.15) is 9.78 Å². The number of aryl methyl sites for hydroxylation is 1. The number of aromatic amines is 1. The van der Waals surface area contributed by atoms with E-state index in [1.165, 1.54) is 6.07 Å². The summed E-state index contributed by atoms with van der Waals surface area (Å²) in [6, 6.07) is 1.52. The van der Waals surface area contributed by atoms with Gasteiger partial charge in [0.25, 0.3) is 0 Å². The molecule has 0 radical (unpaired) electrons. The lowest BCUT2D eigenvalue weighted by atomic mass is 9.85. The van der Waals surface area contributed by atoms with Crippen LogP contribution in [0.5, 0.6) is 0 Å². The maximum Gasteiger partial charge on any atom is 0.389 e. The Hall–Kier alpha value is -2.71. The van der Waals surface area contributed by atoms with Gasteiger partial charge >= 0.3 is 5.82 Å². The van der Waals surface area contributed by atoms with E-state index >= 15 is 0 Å². The van der Waals surface area contributed by atoms with Gasteiger partial charge in [-0.25, -0.2) is 0 Å². The number of nitrogens with zero attached hydrogens (tertiary/aromatic N) is 5. The van der Waals surface area contributed by atoms with E-state index < -0.39 is 4.92 Å². The summed E-state index contributed by atoms with van der Waals surface area (Å²) in [5, 5.41) is 21.9. The minimum atomic E-state index is -0.485. The predicted octanol–water partition coefficient (Wildman–Crippen LogP) is 1.80. The van der Waals surface area contributed by atoms with Crippen LogP contribution < -0.4 is 0 Å². The van der Waals surface area contributed by atoms with Gasteiger partial charge in [-0.15, -0.1) is 0 Å². The monoisotopic (exact) mass is 344 g/mol. The fourth-order valence-electron chi connectivity index (χ4n) is 3.92. The second-order valence-corrected chi connectivity index (χ2v) is 6.72. The predicted molar refractivity (Wildman–Crippen MR) is 88.0 cm³/mol. The molecular weight excluding hydrogens is 324 g/mol. The molecule has 1 atom stereocenters. The largest absolute Gasteiger partial charge is 0.389 e. The number of nitrogens with one attached hydrogen (secondary N) is 1. The Morgan fingerprint density at radius 1 is 1.32 bits per heavy atom. The number of hydrogen-bond donors (Lipinski definition) is 1. The maximum atomic E-state index is 12.9. The second-order valence-electron chi connectivity index (χ2n) is 6.72. The summed E-state index contributed by atoms with van der Waals surface area (Å²) in [6.07, 6.45) is 7.78. The molecule has 0 bridgehead atoms. The highest BCUT2D eigenvalue weighted by molar-refractivity contribution is 5.84. The van der Waals surface area contributed by atoms with Gasteiger partial charge in [0.15, 0.2) is 0 Å². The van der Waals surface area contributed by atoms with Crippen LogP contribution in [0.3, 0.4) is 0 Å². The first kappa shape index (κ1) is 15.8. The summed E-state index contributed by atoms with van der Waals surface area (Å²) < 4.78 is 1.66. The SMILES string of the molecule is O=C([C@H]1CCCc2[nH]ncc21)N1CCC(n2ccc([N+](=O)[O-])n2)CC1. The van der Waals surface area contributed by atoms with E-state index in [9.17, 15) is 14.9 Å². The lowest BCUT2D eigenvalue weighted by Gasteiger charge is -2.34. The van der Waals surface area contributed by atoms with Crippen molar-refractivity contribution in [3.05, 3.63) is 39.8 Å². The fraction of sp³-hybridized carbons (Fsp3) is 0.562. The van der Waals surface area contributed by atoms with Crippen LogP contribution in [-0.2, 0) is 11.2 Å². The highest BCUT2D eigenvalue weighted by atomic mass is 16.6. The molecule has 2 aromatic rings. The quantitative estimate of drug-likeness (QED) is 0.674. The molecule has 1 N–H and O–H groups in total. The Labute approximate surface area is 144 Å². The van der Waals surface area contributed by atoms with Crippen LogP contribution in [0, 0.1) is 10.1 Å². The molecule has 1 aliphatic carbocycles. The van der Waals surface area contributed by atoms with E-state index in [4.69, 9.17) is 0 Å². The van der Waals surface area contributed by atoms with Crippen LogP contribution in [-0.4, -0.2) is 48.8 Å². The lowest BCUT2D eigenvalue weighted by Crippen LogP contribution is -2.42. The number of amides is 1. The van der Waals surface area contributed by atoms with Crippen LogP contribution in [0.15, 0.2) is 18.5 Å². The van der Waals surface area contributed by atoms with Gasteiger partial charge < -0.3 is 15.0 Å². The Morgan fingerprint density at radius 3 is 2.84 bits per heavy atom. The number of H-pyrrole nitrogens is 1. The smallest absolute Gasteiger partial charge is 0.358 e. The van der Waals surface area contributed by atoms with E-state index in [0.29, 0.717) is 13.1 Å². The molecule has 2 aliphatic rings.